The number of rotatable bonds is 11. The van der Waals surface area contributed by atoms with Crippen molar-refractivity contribution in [1.29, 1.82) is 0 Å². The normalized spacial score (nSPS) is 12.1. The van der Waals surface area contributed by atoms with E-state index >= 15 is 0 Å². The Morgan fingerprint density at radius 3 is 2.22 bits per heavy atom. The first-order chi connectivity index (χ1) is 12.9. The number of hydrogen-bond donors (Lipinski definition) is 2. The van der Waals surface area contributed by atoms with Crippen LogP contribution in [0.2, 0.25) is 0 Å². The monoisotopic (exact) mass is 529 g/mol. The summed E-state index contributed by atoms with van der Waals surface area (Å²) in [6.07, 6.45) is -0.442. The van der Waals surface area contributed by atoms with Gasteiger partial charge in [-0.2, -0.15) is 4.98 Å². The standard InChI is InChI=1S/C12H21N5O9P2.4Na/c13-12-15-10-9(11(18)16-12)14-6-17(10)3-8(5-26-7-28(22,23)24)4-25-1-2-27(19,20)21;;;;/h6,8H,1-5,7H2,(H2,19,20,21)(H2,22,23,24)(H3,13,15,16,18);;;;/q;4*+1/p-4. The molecule has 0 aliphatic rings. The van der Waals surface area contributed by atoms with E-state index in [0.29, 0.717) is 0 Å². The summed E-state index contributed by atoms with van der Waals surface area (Å²) >= 11 is 0. The van der Waals surface area contributed by atoms with Crippen molar-refractivity contribution < 1.29 is 156 Å². The number of H-pyrrole nitrogens is 1. The number of nitrogen functional groups attached to an aromatic ring is 1. The van der Waals surface area contributed by atoms with Crippen molar-refractivity contribution in [3.8, 4) is 0 Å². The van der Waals surface area contributed by atoms with Crippen LogP contribution in [0.5, 0.6) is 0 Å². The van der Waals surface area contributed by atoms with Crippen LogP contribution in [0.1, 0.15) is 0 Å². The summed E-state index contributed by atoms with van der Waals surface area (Å²) in [5.41, 5.74) is 5.14. The second kappa shape index (κ2) is 17.8. The first kappa shape index (κ1) is 38.9. The Morgan fingerprint density at radius 1 is 1.06 bits per heavy atom. The summed E-state index contributed by atoms with van der Waals surface area (Å²) in [4.78, 5) is 64.6. The third-order valence-electron chi connectivity index (χ3n) is 3.41. The number of anilines is 1. The largest absolute Gasteiger partial charge is 1.00 e. The van der Waals surface area contributed by atoms with Crippen LogP contribution in [0.3, 0.4) is 0 Å². The van der Waals surface area contributed by atoms with Gasteiger partial charge in [0, 0.05) is 12.5 Å². The molecule has 14 nitrogen and oxygen atoms in total. The van der Waals surface area contributed by atoms with Gasteiger partial charge in [-0.15, -0.1) is 0 Å². The molecule has 0 aromatic carbocycles. The molecule has 0 amide bonds. The van der Waals surface area contributed by atoms with Gasteiger partial charge in [-0.25, -0.2) is 4.98 Å². The van der Waals surface area contributed by atoms with Gasteiger partial charge in [0.05, 0.1) is 32.5 Å². The van der Waals surface area contributed by atoms with Crippen LogP contribution in [0, 0.1) is 5.92 Å². The zero-order valence-electron chi connectivity index (χ0n) is 18.4. The van der Waals surface area contributed by atoms with E-state index in [-0.39, 0.29) is 162 Å². The number of ether oxygens (including phenoxy) is 2. The molecule has 0 saturated heterocycles. The average Bonchev–Trinajstić information content (AvgIpc) is 2.92. The first-order valence-electron chi connectivity index (χ1n) is 7.83. The Kier molecular flexibility index (Phi) is 21.6. The molecule has 158 valence electrons. The van der Waals surface area contributed by atoms with E-state index in [1.807, 2.05) is 0 Å². The van der Waals surface area contributed by atoms with Gasteiger partial charge in [0.2, 0.25) is 5.95 Å². The summed E-state index contributed by atoms with van der Waals surface area (Å²) in [6.45, 7) is -0.654. The number of imidazole rings is 1. The van der Waals surface area contributed by atoms with Crippen molar-refractivity contribution in [3.05, 3.63) is 16.7 Å². The predicted molar refractivity (Wildman–Crippen MR) is 87.8 cm³/mol. The molecular formula is C12H17N5Na4O9P2. The van der Waals surface area contributed by atoms with E-state index < -0.39 is 39.2 Å². The quantitative estimate of drug-likeness (QED) is 0.157. The van der Waals surface area contributed by atoms with Crippen LogP contribution in [0.25, 0.3) is 11.2 Å². The van der Waals surface area contributed by atoms with Crippen LogP contribution >= 0.6 is 15.2 Å². The maximum atomic E-state index is 11.8. The zero-order valence-corrected chi connectivity index (χ0v) is 28.2. The van der Waals surface area contributed by atoms with Crippen molar-refractivity contribution in [1.82, 2.24) is 19.5 Å². The molecule has 0 fully saturated rings. The maximum absolute atomic E-state index is 11.8. The minimum atomic E-state index is -4.87. The third kappa shape index (κ3) is 14.8. The van der Waals surface area contributed by atoms with Crippen molar-refractivity contribution in [2.75, 3.05) is 38.1 Å². The fourth-order valence-corrected chi connectivity index (χ4v) is 2.98. The molecule has 0 spiro atoms. The second-order valence-corrected chi connectivity index (χ2v) is 9.06. The SMILES string of the molecule is Nc1nc2c(ncn2CC(COCCP(=O)([O-])[O-])COCP(=O)([O-])[O-])c(=O)[nH]1.[Na+].[Na+].[Na+].[Na+]. The molecule has 2 aromatic rings. The number of nitrogens with two attached hydrogens (primary N) is 1. The summed E-state index contributed by atoms with van der Waals surface area (Å²) in [6, 6.07) is 0. The van der Waals surface area contributed by atoms with Gasteiger partial charge in [0.15, 0.2) is 11.2 Å². The Bertz CT molecular complexity index is 966. The van der Waals surface area contributed by atoms with E-state index in [1.165, 1.54) is 10.9 Å². The minimum Gasteiger partial charge on any atom is -0.811 e. The van der Waals surface area contributed by atoms with Crippen LogP contribution in [-0.2, 0) is 25.1 Å². The molecule has 3 N–H and O–H groups in total. The molecule has 0 aliphatic carbocycles. The molecule has 32 heavy (non-hydrogen) atoms. The van der Waals surface area contributed by atoms with Gasteiger partial charge in [-0.3, -0.25) is 9.78 Å². The molecule has 2 aromatic heterocycles. The summed E-state index contributed by atoms with van der Waals surface area (Å²) < 4.78 is 32.8. The number of hydrogen-bond acceptors (Lipinski definition) is 12. The van der Waals surface area contributed by atoms with Crippen molar-refractivity contribution in [2.45, 2.75) is 6.54 Å². The smallest absolute Gasteiger partial charge is 0.811 e. The van der Waals surface area contributed by atoms with Gasteiger partial charge in [-0.05, 0) is 13.8 Å². The van der Waals surface area contributed by atoms with Crippen LogP contribution < -0.4 is 149 Å². The van der Waals surface area contributed by atoms with Crippen LogP contribution in [-0.4, -0.2) is 51.8 Å². The molecule has 0 bridgehead atoms. The summed E-state index contributed by atoms with van der Waals surface area (Å²) in [5, 5.41) is 0. The zero-order chi connectivity index (χ0) is 20.9. The molecule has 1 unspecified atom stereocenters. The fourth-order valence-electron chi connectivity index (χ4n) is 2.29. The average molecular weight is 529 g/mol. The maximum Gasteiger partial charge on any atom is 1.00 e. The molecule has 0 aliphatic heterocycles. The molecule has 0 radical (unpaired) electrons. The van der Waals surface area contributed by atoms with Crippen molar-refractivity contribution in [2.24, 2.45) is 5.92 Å². The van der Waals surface area contributed by atoms with Gasteiger partial charge >= 0.3 is 118 Å². The Labute approximate surface area is 271 Å². The van der Waals surface area contributed by atoms with E-state index in [1.54, 1.807) is 0 Å². The number of aromatic amines is 1. The van der Waals surface area contributed by atoms with E-state index in [9.17, 15) is 33.5 Å². The van der Waals surface area contributed by atoms with Crippen LogP contribution in [0.4, 0.5) is 5.95 Å². The van der Waals surface area contributed by atoms with Gasteiger partial charge in [0.25, 0.3) is 5.56 Å². The molecule has 2 heterocycles. The number of nitrogens with zero attached hydrogens (tertiary/aromatic N) is 3. The van der Waals surface area contributed by atoms with E-state index in [4.69, 9.17) is 15.2 Å². The molecule has 0 saturated carbocycles. The fraction of sp³-hybridized carbons (Fsp3) is 0.583. The van der Waals surface area contributed by atoms with Crippen LogP contribution in [0.15, 0.2) is 11.1 Å². The summed E-state index contributed by atoms with van der Waals surface area (Å²) in [5.74, 6) is -0.715. The van der Waals surface area contributed by atoms with E-state index in [0.717, 1.165) is 0 Å². The first-order valence-corrected chi connectivity index (χ1v) is 11.3. The Morgan fingerprint density at radius 2 is 1.66 bits per heavy atom. The molecule has 1 atom stereocenters. The predicted octanol–water partition coefficient (Wildman–Crippen LogP) is -15.8. The summed E-state index contributed by atoms with van der Waals surface area (Å²) in [7, 11) is -9.60. The Balaban J connectivity index is -0.00000210. The Hall–Kier alpha value is 2.37. The minimum absolute atomic E-state index is 0. The van der Waals surface area contributed by atoms with Gasteiger partial charge in [-0.1, -0.05) is 7.60 Å². The molecular weight excluding hydrogens is 512 g/mol. The van der Waals surface area contributed by atoms with E-state index in [2.05, 4.69) is 15.0 Å². The molecule has 2 rings (SSSR count). The number of aromatic nitrogens is 4. The van der Waals surface area contributed by atoms with Crippen molar-refractivity contribution >= 4 is 32.3 Å². The second-order valence-electron chi connectivity index (χ2n) is 5.91. The third-order valence-corrected chi connectivity index (χ3v) is 4.64. The number of nitrogens with one attached hydrogen (secondary N) is 1. The topological polar surface area (TPSA) is 234 Å². The number of fused-ring (bicyclic) bond motifs is 1. The van der Waals surface area contributed by atoms with Gasteiger partial charge < -0.3 is 48.5 Å². The molecule has 20 heteroatoms. The van der Waals surface area contributed by atoms with Crippen molar-refractivity contribution in [3.63, 3.8) is 0 Å². The van der Waals surface area contributed by atoms with Gasteiger partial charge in [0.1, 0.15) is 0 Å².